The summed E-state index contributed by atoms with van der Waals surface area (Å²) in [6, 6.07) is 8.54. The van der Waals surface area contributed by atoms with Crippen molar-refractivity contribution in [2.24, 2.45) is 0 Å². The fourth-order valence-corrected chi connectivity index (χ4v) is 3.15. The maximum absolute atomic E-state index is 14.3. The number of aromatic nitrogens is 3. The SMILES string of the molecule is COC(=O)C1Cc2cc(Nc3ncc(F)c(Nc4ccc(OC)nc4OC)n3)ccc2O1. The summed E-state index contributed by atoms with van der Waals surface area (Å²) in [6.45, 7) is 0. The Morgan fingerprint density at radius 1 is 1.12 bits per heavy atom. The smallest absolute Gasteiger partial charge is 0.347 e. The van der Waals surface area contributed by atoms with E-state index >= 15 is 0 Å². The van der Waals surface area contributed by atoms with Gasteiger partial charge in [-0.05, 0) is 24.3 Å². The van der Waals surface area contributed by atoms with Gasteiger partial charge in [0.25, 0.3) is 0 Å². The van der Waals surface area contributed by atoms with E-state index in [0.717, 1.165) is 11.8 Å². The molecule has 0 aliphatic carbocycles. The Balaban J connectivity index is 1.53. The number of halogens is 1. The molecule has 1 unspecified atom stereocenters. The third-order valence-electron chi connectivity index (χ3n) is 4.69. The number of fused-ring (bicyclic) bond motifs is 1. The van der Waals surface area contributed by atoms with E-state index in [1.807, 2.05) is 6.07 Å². The average Bonchev–Trinajstić information content (AvgIpc) is 3.24. The lowest BCUT2D eigenvalue weighted by molar-refractivity contribution is -0.147. The fourth-order valence-electron chi connectivity index (χ4n) is 3.15. The Morgan fingerprint density at radius 3 is 2.72 bits per heavy atom. The normalized spacial score (nSPS) is 14.2. The molecule has 4 rings (SSSR count). The van der Waals surface area contributed by atoms with Crippen LogP contribution in [0.25, 0.3) is 0 Å². The average molecular weight is 441 g/mol. The maximum Gasteiger partial charge on any atom is 0.347 e. The molecule has 2 aromatic heterocycles. The highest BCUT2D eigenvalue weighted by Gasteiger charge is 2.30. The van der Waals surface area contributed by atoms with Gasteiger partial charge >= 0.3 is 5.97 Å². The van der Waals surface area contributed by atoms with Crippen molar-refractivity contribution < 1.29 is 28.1 Å². The Hall–Kier alpha value is -4.15. The number of hydrogen-bond acceptors (Lipinski definition) is 10. The molecule has 1 aromatic carbocycles. The highest BCUT2D eigenvalue weighted by atomic mass is 19.1. The monoisotopic (exact) mass is 441 g/mol. The van der Waals surface area contributed by atoms with E-state index < -0.39 is 17.9 Å². The Morgan fingerprint density at radius 2 is 1.97 bits per heavy atom. The van der Waals surface area contributed by atoms with Gasteiger partial charge in [0.1, 0.15) is 11.4 Å². The molecule has 3 aromatic rings. The lowest BCUT2D eigenvalue weighted by atomic mass is 10.1. The van der Waals surface area contributed by atoms with Gasteiger partial charge in [-0.15, -0.1) is 0 Å². The molecule has 1 aliphatic heterocycles. The summed E-state index contributed by atoms with van der Waals surface area (Å²) in [6.07, 6.45) is 0.764. The van der Waals surface area contributed by atoms with Gasteiger partial charge in [0.15, 0.2) is 17.7 Å². The van der Waals surface area contributed by atoms with Crippen LogP contribution in [0.5, 0.6) is 17.5 Å². The molecule has 1 aliphatic rings. The molecular formula is C21H20FN5O5. The number of esters is 1. The van der Waals surface area contributed by atoms with Crippen LogP contribution in [0.3, 0.4) is 0 Å². The molecule has 0 amide bonds. The van der Waals surface area contributed by atoms with Crippen LogP contribution in [0.15, 0.2) is 36.5 Å². The van der Waals surface area contributed by atoms with E-state index in [2.05, 4.69) is 25.6 Å². The standard InChI is InChI=1S/C21H20FN5O5/c1-29-17-7-5-14(19(26-17)30-2)25-18-13(22)10-23-21(27-18)24-12-4-6-15-11(8-12)9-16(32-15)20(28)31-3/h4-8,10,16H,9H2,1-3H3,(H2,23,24,25,27). The predicted octanol–water partition coefficient (Wildman–Crippen LogP) is 2.99. The Labute approximate surface area is 182 Å². The zero-order valence-corrected chi connectivity index (χ0v) is 17.5. The van der Waals surface area contributed by atoms with Gasteiger partial charge in [0.05, 0.1) is 27.5 Å². The van der Waals surface area contributed by atoms with Gasteiger partial charge in [-0.3, -0.25) is 0 Å². The summed E-state index contributed by atoms with van der Waals surface area (Å²) >= 11 is 0. The molecule has 11 heteroatoms. The summed E-state index contributed by atoms with van der Waals surface area (Å²) in [4.78, 5) is 24.1. The van der Waals surface area contributed by atoms with Crippen LogP contribution in [-0.2, 0) is 16.0 Å². The quantitative estimate of drug-likeness (QED) is 0.530. The first-order valence-corrected chi connectivity index (χ1v) is 9.53. The summed E-state index contributed by atoms with van der Waals surface area (Å²) < 4.78 is 34.9. The number of rotatable bonds is 7. The number of hydrogen-bond donors (Lipinski definition) is 2. The first-order chi connectivity index (χ1) is 15.5. The number of nitrogens with zero attached hydrogens (tertiary/aromatic N) is 3. The topological polar surface area (TPSA) is 117 Å². The Kier molecular flexibility index (Phi) is 5.88. The molecule has 0 bridgehead atoms. The van der Waals surface area contributed by atoms with Gasteiger partial charge in [0, 0.05) is 23.7 Å². The number of nitrogens with one attached hydrogen (secondary N) is 2. The number of ether oxygens (including phenoxy) is 4. The van der Waals surface area contributed by atoms with Crippen molar-refractivity contribution in [2.75, 3.05) is 32.0 Å². The maximum atomic E-state index is 14.3. The van der Waals surface area contributed by atoms with Crippen LogP contribution >= 0.6 is 0 Å². The van der Waals surface area contributed by atoms with E-state index in [9.17, 15) is 9.18 Å². The largest absolute Gasteiger partial charge is 0.481 e. The zero-order valence-electron chi connectivity index (χ0n) is 17.5. The van der Waals surface area contributed by atoms with Crippen molar-refractivity contribution in [1.82, 2.24) is 15.0 Å². The number of pyridine rings is 1. The highest BCUT2D eigenvalue weighted by molar-refractivity contribution is 5.77. The van der Waals surface area contributed by atoms with Gasteiger partial charge in [-0.1, -0.05) is 0 Å². The highest BCUT2D eigenvalue weighted by Crippen LogP contribution is 2.33. The summed E-state index contributed by atoms with van der Waals surface area (Å²) in [7, 11) is 4.24. The van der Waals surface area contributed by atoms with Crippen molar-refractivity contribution >= 4 is 29.1 Å². The summed E-state index contributed by atoms with van der Waals surface area (Å²) in [5.41, 5.74) is 1.89. The zero-order chi connectivity index (χ0) is 22.7. The van der Waals surface area contributed by atoms with E-state index in [0.29, 0.717) is 29.4 Å². The van der Waals surface area contributed by atoms with Crippen molar-refractivity contribution in [3.63, 3.8) is 0 Å². The molecule has 3 heterocycles. The number of benzene rings is 1. The van der Waals surface area contributed by atoms with Crippen LogP contribution in [0.4, 0.5) is 27.5 Å². The molecule has 0 spiro atoms. The van der Waals surface area contributed by atoms with E-state index in [4.69, 9.17) is 18.9 Å². The summed E-state index contributed by atoms with van der Waals surface area (Å²) in [5, 5.41) is 5.88. The van der Waals surface area contributed by atoms with E-state index in [-0.39, 0.29) is 17.6 Å². The predicted molar refractivity (Wildman–Crippen MR) is 112 cm³/mol. The van der Waals surface area contributed by atoms with E-state index in [1.54, 1.807) is 24.3 Å². The molecule has 0 saturated heterocycles. The Bertz CT molecular complexity index is 1160. The minimum Gasteiger partial charge on any atom is -0.481 e. The third kappa shape index (κ3) is 4.31. The second-order valence-electron chi connectivity index (χ2n) is 6.71. The molecule has 166 valence electrons. The van der Waals surface area contributed by atoms with Crippen molar-refractivity contribution in [1.29, 1.82) is 0 Å². The first-order valence-electron chi connectivity index (χ1n) is 9.53. The number of carbonyl (C=O) groups excluding carboxylic acids is 1. The van der Waals surface area contributed by atoms with E-state index in [1.165, 1.54) is 21.3 Å². The fraction of sp³-hybridized carbons (Fsp3) is 0.238. The molecule has 0 fully saturated rings. The third-order valence-corrected chi connectivity index (χ3v) is 4.69. The molecule has 10 nitrogen and oxygen atoms in total. The minimum atomic E-state index is -0.670. The van der Waals surface area contributed by atoms with Gasteiger partial charge in [-0.25, -0.2) is 14.2 Å². The van der Waals surface area contributed by atoms with Crippen molar-refractivity contribution in [3.8, 4) is 17.5 Å². The van der Waals surface area contributed by atoms with Crippen LogP contribution in [-0.4, -0.2) is 48.4 Å². The van der Waals surface area contributed by atoms with Gasteiger partial charge in [0.2, 0.25) is 17.7 Å². The van der Waals surface area contributed by atoms with Gasteiger partial charge in [-0.2, -0.15) is 9.97 Å². The van der Waals surface area contributed by atoms with Crippen LogP contribution < -0.4 is 24.8 Å². The van der Waals surface area contributed by atoms with Crippen molar-refractivity contribution in [2.45, 2.75) is 12.5 Å². The summed E-state index contributed by atoms with van der Waals surface area (Å²) in [5.74, 6) is 0.185. The molecule has 2 N–H and O–H groups in total. The minimum absolute atomic E-state index is 0.0667. The molecule has 0 radical (unpaired) electrons. The molecule has 1 atom stereocenters. The van der Waals surface area contributed by atoms with Crippen molar-refractivity contribution in [3.05, 3.63) is 47.9 Å². The number of methoxy groups -OCH3 is 3. The first kappa shape index (κ1) is 21.1. The van der Waals surface area contributed by atoms with Crippen LogP contribution in [0.1, 0.15) is 5.56 Å². The second kappa shape index (κ2) is 8.92. The molecule has 32 heavy (non-hydrogen) atoms. The van der Waals surface area contributed by atoms with Gasteiger partial charge < -0.3 is 29.6 Å². The molecular weight excluding hydrogens is 421 g/mol. The van der Waals surface area contributed by atoms with Crippen LogP contribution in [0, 0.1) is 5.82 Å². The number of anilines is 4. The number of carbonyl (C=O) groups is 1. The second-order valence-corrected chi connectivity index (χ2v) is 6.71. The van der Waals surface area contributed by atoms with Crippen LogP contribution in [0.2, 0.25) is 0 Å². The molecule has 0 saturated carbocycles. The lowest BCUT2D eigenvalue weighted by Crippen LogP contribution is -2.26. The lowest BCUT2D eigenvalue weighted by Gasteiger charge is -2.12.